The van der Waals surface area contributed by atoms with Gasteiger partial charge in [-0.15, -0.1) is 0 Å². The van der Waals surface area contributed by atoms with E-state index in [1.54, 1.807) is 22.8 Å². The molecule has 0 fully saturated rings. The number of hydrogen-bond acceptors (Lipinski definition) is 3. The molecule has 4 heteroatoms. The number of Topliss-reactive ketones (excluding diaryl/α,β-unsaturated/α-hetero) is 1. The van der Waals surface area contributed by atoms with E-state index >= 15 is 0 Å². The molecule has 1 aliphatic rings. The third-order valence-corrected chi connectivity index (χ3v) is 3.88. The summed E-state index contributed by atoms with van der Waals surface area (Å²) < 4.78 is 1.63. The van der Waals surface area contributed by atoms with E-state index in [-0.39, 0.29) is 11.3 Å². The van der Waals surface area contributed by atoms with Crippen LogP contribution >= 0.6 is 0 Å². The predicted octanol–water partition coefficient (Wildman–Crippen LogP) is 2.29. The molecule has 2 aromatic rings. The van der Waals surface area contributed by atoms with Crippen LogP contribution in [0, 0.1) is 11.3 Å². The van der Waals surface area contributed by atoms with Crippen molar-refractivity contribution in [3.8, 4) is 6.07 Å². The van der Waals surface area contributed by atoms with Crippen LogP contribution < -0.4 is 5.56 Å². The van der Waals surface area contributed by atoms with Crippen LogP contribution in [-0.4, -0.2) is 10.4 Å². The van der Waals surface area contributed by atoms with E-state index in [9.17, 15) is 9.59 Å². The normalized spacial score (nSPS) is 13.6. The van der Waals surface area contributed by atoms with Crippen molar-refractivity contribution in [1.29, 1.82) is 5.26 Å². The van der Waals surface area contributed by atoms with Crippen LogP contribution in [0.1, 0.15) is 40.0 Å². The number of benzene rings is 1. The monoisotopic (exact) mass is 278 g/mol. The molecule has 0 amide bonds. The van der Waals surface area contributed by atoms with Crippen molar-refractivity contribution >= 4 is 5.78 Å². The Morgan fingerprint density at radius 3 is 2.71 bits per heavy atom. The highest BCUT2D eigenvalue weighted by atomic mass is 16.1. The number of carbonyl (C=O) groups excluding carboxylic acids is 1. The molecule has 0 unspecified atom stereocenters. The fourth-order valence-electron chi connectivity index (χ4n) is 2.80. The van der Waals surface area contributed by atoms with Crippen LogP contribution in [0.4, 0.5) is 0 Å². The van der Waals surface area contributed by atoms with Crippen molar-refractivity contribution in [1.82, 2.24) is 4.57 Å². The van der Waals surface area contributed by atoms with Gasteiger partial charge in [0.2, 0.25) is 0 Å². The van der Waals surface area contributed by atoms with Crippen molar-refractivity contribution < 1.29 is 4.79 Å². The Morgan fingerprint density at radius 2 is 1.90 bits per heavy atom. The zero-order chi connectivity index (χ0) is 14.8. The molecule has 104 valence electrons. The SMILES string of the molecule is N#Cc1ccccc1Cn1c2c(ccc1=O)C(=O)CCC2. The Bertz CT molecular complexity index is 812. The van der Waals surface area contributed by atoms with E-state index < -0.39 is 0 Å². The van der Waals surface area contributed by atoms with Crippen LogP contribution in [0.5, 0.6) is 0 Å². The van der Waals surface area contributed by atoms with E-state index in [0.29, 0.717) is 24.1 Å². The Labute approximate surface area is 122 Å². The Kier molecular flexibility index (Phi) is 3.41. The summed E-state index contributed by atoms with van der Waals surface area (Å²) in [4.78, 5) is 24.1. The average Bonchev–Trinajstić information content (AvgIpc) is 2.51. The minimum atomic E-state index is -0.129. The summed E-state index contributed by atoms with van der Waals surface area (Å²) in [5.74, 6) is 0.0959. The van der Waals surface area contributed by atoms with E-state index in [2.05, 4.69) is 6.07 Å². The molecule has 0 aliphatic heterocycles. The average molecular weight is 278 g/mol. The molecule has 0 N–H and O–H groups in total. The van der Waals surface area contributed by atoms with Crippen LogP contribution in [0.2, 0.25) is 0 Å². The van der Waals surface area contributed by atoms with E-state index in [0.717, 1.165) is 24.1 Å². The van der Waals surface area contributed by atoms with Gasteiger partial charge in [0.05, 0.1) is 18.2 Å². The molecule has 0 atom stereocenters. The Hall–Kier alpha value is -2.67. The van der Waals surface area contributed by atoms with Gasteiger partial charge in [-0.2, -0.15) is 5.26 Å². The summed E-state index contributed by atoms with van der Waals surface area (Å²) in [5, 5.41) is 9.15. The van der Waals surface area contributed by atoms with Gasteiger partial charge in [0.15, 0.2) is 5.78 Å². The molecule has 21 heavy (non-hydrogen) atoms. The highest BCUT2D eigenvalue weighted by Gasteiger charge is 2.20. The van der Waals surface area contributed by atoms with Gasteiger partial charge in [-0.1, -0.05) is 18.2 Å². The minimum Gasteiger partial charge on any atom is -0.307 e. The first kappa shape index (κ1) is 13.3. The lowest BCUT2D eigenvalue weighted by Crippen LogP contribution is -2.28. The van der Waals surface area contributed by atoms with Crippen molar-refractivity contribution in [3.05, 3.63) is 69.1 Å². The van der Waals surface area contributed by atoms with Crippen LogP contribution in [-0.2, 0) is 13.0 Å². The van der Waals surface area contributed by atoms with Crippen molar-refractivity contribution in [2.24, 2.45) is 0 Å². The first-order valence-corrected chi connectivity index (χ1v) is 6.94. The summed E-state index contributed by atoms with van der Waals surface area (Å²) in [6.45, 7) is 0.332. The van der Waals surface area contributed by atoms with E-state index in [1.165, 1.54) is 6.07 Å². The highest BCUT2D eigenvalue weighted by molar-refractivity contribution is 5.97. The van der Waals surface area contributed by atoms with Crippen LogP contribution in [0.25, 0.3) is 0 Å². The fourth-order valence-corrected chi connectivity index (χ4v) is 2.80. The molecule has 0 bridgehead atoms. The Morgan fingerprint density at radius 1 is 1.10 bits per heavy atom. The third-order valence-electron chi connectivity index (χ3n) is 3.88. The summed E-state index contributed by atoms with van der Waals surface area (Å²) in [5.41, 5.74) is 2.68. The molecule has 0 saturated carbocycles. The molecule has 3 rings (SSSR count). The fraction of sp³-hybridized carbons (Fsp3) is 0.235. The lowest BCUT2D eigenvalue weighted by atomic mass is 9.94. The zero-order valence-electron chi connectivity index (χ0n) is 11.5. The number of fused-ring (bicyclic) bond motifs is 1. The van der Waals surface area contributed by atoms with Crippen molar-refractivity contribution in [3.63, 3.8) is 0 Å². The standard InChI is InChI=1S/C17H14N2O2/c18-10-12-4-1-2-5-13(12)11-19-15-6-3-7-16(20)14(15)8-9-17(19)21/h1-2,4-5,8-9H,3,6-7,11H2. The summed E-state index contributed by atoms with van der Waals surface area (Å²) in [6.07, 6.45) is 2.04. The molecular weight excluding hydrogens is 264 g/mol. The second-order valence-corrected chi connectivity index (χ2v) is 5.16. The van der Waals surface area contributed by atoms with Gasteiger partial charge in [0.1, 0.15) is 0 Å². The lowest BCUT2D eigenvalue weighted by Gasteiger charge is -2.20. The van der Waals surface area contributed by atoms with Gasteiger partial charge in [0, 0.05) is 23.7 Å². The first-order valence-electron chi connectivity index (χ1n) is 6.94. The molecule has 4 nitrogen and oxygen atoms in total. The van der Waals surface area contributed by atoms with Crippen LogP contribution in [0.15, 0.2) is 41.2 Å². The number of ketones is 1. The topological polar surface area (TPSA) is 62.9 Å². The molecule has 1 aromatic heterocycles. The van der Waals surface area contributed by atoms with Gasteiger partial charge in [0.25, 0.3) is 5.56 Å². The maximum atomic E-state index is 12.2. The predicted molar refractivity (Wildman–Crippen MR) is 78.2 cm³/mol. The minimum absolute atomic E-state index is 0.0959. The number of hydrogen-bond donors (Lipinski definition) is 0. The maximum absolute atomic E-state index is 12.2. The number of carbonyl (C=O) groups is 1. The number of nitriles is 1. The number of nitrogens with zero attached hydrogens (tertiary/aromatic N) is 2. The molecule has 0 saturated heterocycles. The van der Waals surface area contributed by atoms with Crippen molar-refractivity contribution in [2.45, 2.75) is 25.8 Å². The van der Waals surface area contributed by atoms with Crippen LogP contribution in [0.3, 0.4) is 0 Å². The molecule has 1 heterocycles. The second-order valence-electron chi connectivity index (χ2n) is 5.16. The van der Waals surface area contributed by atoms with Crippen molar-refractivity contribution in [2.75, 3.05) is 0 Å². The molecule has 0 spiro atoms. The molecule has 1 aromatic carbocycles. The molecular formula is C17H14N2O2. The van der Waals surface area contributed by atoms with Gasteiger partial charge >= 0.3 is 0 Å². The first-order chi connectivity index (χ1) is 10.2. The molecule has 1 aliphatic carbocycles. The van der Waals surface area contributed by atoms with Gasteiger partial charge in [-0.3, -0.25) is 9.59 Å². The second kappa shape index (κ2) is 5.37. The number of aromatic nitrogens is 1. The Balaban J connectivity index is 2.11. The zero-order valence-corrected chi connectivity index (χ0v) is 11.5. The quantitative estimate of drug-likeness (QED) is 0.846. The van der Waals surface area contributed by atoms with E-state index in [4.69, 9.17) is 5.26 Å². The highest BCUT2D eigenvalue weighted by Crippen LogP contribution is 2.21. The summed E-state index contributed by atoms with van der Waals surface area (Å²) >= 11 is 0. The number of rotatable bonds is 2. The van der Waals surface area contributed by atoms with Gasteiger partial charge in [-0.25, -0.2) is 0 Å². The van der Waals surface area contributed by atoms with E-state index in [1.807, 2.05) is 12.1 Å². The number of pyridine rings is 1. The summed E-state index contributed by atoms with van der Waals surface area (Å²) in [6, 6.07) is 12.4. The van der Waals surface area contributed by atoms with Gasteiger partial charge < -0.3 is 4.57 Å². The third kappa shape index (κ3) is 2.38. The smallest absolute Gasteiger partial charge is 0.251 e. The largest absolute Gasteiger partial charge is 0.307 e. The van der Waals surface area contributed by atoms with Gasteiger partial charge in [-0.05, 0) is 30.5 Å². The summed E-state index contributed by atoms with van der Waals surface area (Å²) in [7, 11) is 0. The maximum Gasteiger partial charge on any atom is 0.251 e. The molecule has 0 radical (unpaired) electrons. The lowest BCUT2D eigenvalue weighted by molar-refractivity contribution is 0.0970.